The number of hydrogen-bond acceptors (Lipinski definition) is 5. The molecule has 0 aliphatic rings. The number of imidazole rings is 1. The Hall–Kier alpha value is -1.53. The van der Waals surface area contributed by atoms with Crippen LogP contribution in [0.3, 0.4) is 0 Å². The van der Waals surface area contributed by atoms with Gasteiger partial charge >= 0.3 is 0 Å². The van der Waals surface area contributed by atoms with Crippen LogP contribution in [0.4, 0.5) is 5.82 Å². The number of halogens is 1. The van der Waals surface area contributed by atoms with Crippen molar-refractivity contribution in [1.82, 2.24) is 14.6 Å². The molecule has 0 aliphatic carbocycles. The van der Waals surface area contributed by atoms with Gasteiger partial charge in [-0.15, -0.1) is 0 Å². The lowest BCUT2D eigenvalue weighted by atomic mass is 10.2. The first kappa shape index (κ1) is 14.9. The summed E-state index contributed by atoms with van der Waals surface area (Å²) in [5.74, 6) is 1.09. The fourth-order valence-corrected chi connectivity index (χ4v) is 2.20. The molecule has 20 heavy (non-hydrogen) atoms. The van der Waals surface area contributed by atoms with Gasteiger partial charge in [0, 0.05) is 18.2 Å². The molecule has 7 heteroatoms. The average Bonchev–Trinajstić information content (AvgIpc) is 2.72. The summed E-state index contributed by atoms with van der Waals surface area (Å²) in [6.07, 6.45) is 0. The van der Waals surface area contributed by atoms with E-state index in [2.05, 4.69) is 29.2 Å². The number of rotatable bonds is 5. The van der Waals surface area contributed by atoms with Crippen molar-refractivity contribution in [3.8, 4) is 0 Å². The lowest BCUT2D eigenvalue weighted by molar-refractivity contribution is 0.126. The van der Waals surface area contributed by atoms with Crippen molar-refractivity contribution in [3.05, 3.63) is 16.5 Å². The van der Waals surface area contributed by atoms with Crippen LogP contribution >= 0.6 is 11.6 Å². The molecule has 0 amide bonds. The maximum atomic E-state index is 6.12. The summed E-state index contributed by atoms with van der Waals surface area (Å²) >= 11 is 6.12. The van der Waals surface area contributed by atoms with Gasteiger partial charge in [0.05, 0.1) is 5.52 Å². The Kier molecular flexibility index (Phi) is 4.35. The quantitative estimate of drug-likeness (QED) is 0.829. The molecule has 2 rings (SSSR count). The highest BCUT2D eigenvalue weighted by Crippen LogP contribution is 2.28. The van der Waals surface area contributed by atoms with E-state index in [9.17, 15) is 0 Å². The molecule has 0 radical (unpaired) electrons. The van der Waals surface area contributed by atoms with Crippen LogP contribution in [0.15, 0.2) is 0 Å². The molecule has 2 heterocycles. The molecular formula is C13H20ClN5O. The lowest BCUT2D eigenvalue weighted by Crippen LogP contribution is -2.24. The second kappa shape index (κ2) is 5.85. The van der Waals surface area contributed by atoms with E-state index >= 15 is 0 Å². The monoisotopic (exact) mass is 297 g/mol. The van der Waals surface area contributed by atoms with Crippen molar-refractivity contribution in [1.29, 1.82) is 0 Å². The number of fused-ring (bicyclic) bond motifs is 1. The van der Waals surface area contributed by atoms with Crippen LogP contribution in [0.2, 0.25) is 5.15 Å². The van der Waals surface area contributed by atoms with E-state index in [0.29, 0.717) is 29.7 Å². The number of nitrogens with one attached hydrogen (secondary N) is 1. The number of anilines is 1. The van der Waals surface area contributed by atoms with Crippen LogP contribution in [-0.4, -0.2) is 27.3 Å². The molecule has 2 aromatic heterocycles. The van der Waals surface area contributed by atoms with E-state index < -0.39 is 0 Å². The summed E-state index contributed by atoms with van der Waals surface area (Å²) in [4.78, 5) is 8.65. The maximum absolute atomic E-state index is 6.12. The Bertz CT molecular complexity index is 623. The fourth-order valence-electron chi connectivity index (χ4n) is 2.02. The zero-order valence-electron chi connectivity index (χ0n) is 12.2. The number of nitrogen functional groups attached to an aromatic ring is 1. The first-order valence-corrected chi connectivity index (χ1v) is 7.00. The average molecular weight is 298 g/mol. The molecule has 0 spiro atoms. The van der Waals surface area contributed by atoms with Crippen molar-refractivity contribution in [3.63, 3.8) is 0 Å². The molecule has 0 unspecified atom stereocenters. The zero-order chi connectivity index (χ0) is 14.9. The van der Waals surface area contributed by atoms with E-state index in [1.807, 2.05) is 18.5 Å². The van der Waals surface area contributed by atoms with Gasteiger partial charge in [0.15, 0.2) is 11.6 Å². The third kappa shape index (κ3) is 2.66. The number of aryl methyl sites for hydroxylation is 1. The third-order valence-corrected chi connectivity index (χ3v) is 3.26. The second-order valence-corrected chi connectivity index (χ2v) is 5.25. The normalized spacial score (nSPS) is 11.5. The first-order chi connectivity index (χ1) is 9.45. The van der Waals surface area contributed by atoms with Crippen LogP contribution < -0.4 is 11.2 Å². The number of aromatic nitrogens is 3. The van der Waals surface area contributed by atoms with Gasteiger partial charge in [-0.3, -0.25) is 0 Å². The molecule has 110 valence electrons. The summed E-state index contributed by atoms with van der Waals surface area (Å²) in [5, 5.41) is 0.393. The fraction of sp³-hybridized carbons (Fsp3) is 0.538. The molecule has 0 fully saturated rings. The van der Waals surface area contributed by atoms with Gasteiger partial charge in [0.2, 0.25) is 0 Å². The standard InChI is InChI=1S/C13H20ClN5O/c1-5-20-6-9-16-10-11(19(9)18-7(2)3)8(4)12(14)17-13(10)15/h7,18H,5-6H2,1-4H3,(H2,15,17). The van der Waals surface area contributed by atoms with Gasteiger partial charge in [-0.1, -0.05) is 11.6 Å². The van der Waals surface area contributed by atoms with Gasteiger partial charge in [-0.2, -0.15) is 0 Å². The molecule has 2 aromatic rings. The predicted octanol–water partition coefficient (Wildman–Crippen LogP) is 2.46. The second-order valence-electron chi connectivity index (χ2n) is 4.89. The predicted molar refractivity (Wildman–Crippen MR) is 81.5 cm³/mol. The molecule has 0 saturated carbocycles. The van der Waals surface area contributed by atoms with Gasteiger partial charge in [0.25, 0.3) is 0 Å². The summed E-state index contributed by atoms with van der Waals surface area (Å²) in [6.45, 7) is 8.98. The molecule has 0 aliphatic heterocycles. The van der Waals surface area contributed by atoms with Crippen molar-refractivity contribution in [2.24, 2.45) is 0 Å². The zero-order valence-corrected chi connectivity index (χ0v) is 13.0. The topological polar surface area (TPSA) is 78.0 Å². The van der Waals surface area contributed by atoms with Crippen molar-refractivity contribution in [2.45, 2.75) is 40.3 Å². The van der Waals surface area contributed by atoms with Gasteiger partial charge in [-0.25, -0.2) is 14.6 Å². The first-order valence-electron chi connectivity index (χ1n) is 6.62. The smallest absolute Gasteiger partial charge is 0.154 e. The Balaban J connectivity index is 2.66. The SMILES string of the molecule is CCOCc1nc2c(N)nc(Cl)c(C)c2n1NC(C)C. The number of ether oxygens (including phenoxy) is 1. The highest BCUT2D eigenvalue weighted by atomic mass is 35.5. The summed E-state index contributed by atoms with van der Waals surface area (Å²) in [6, 6.07) is 0.236. The van der Waals surface area contributed by atoms with Crippen molar-refractivity contribution < 1.29 is 4.74 Å². The molecule has 6 nitrogen and oxygen atoms in total. The van der Waals surface area contributed by atoms with Gasteiger partial charge < -0.3 is 15.9 Å². The largest absolute Gasteiger partial charge is 0.382 e. The lowest BCUT2D eigenvalue weighted by Gasteiger charge is -2.16. The van der Waals surface area contributed by atoms with Gasteiger partial charge in [-0.05, 0) is 27.7 Å². The molecule has 0 aromatic carbocycles. The number of nitrogens with zero attached hydrogens (tertiary/aromatic N) is 3. The summed E-state index contributed by atoms with van der Waals surface area (Å²) in [7, 11) is 0. The van der Waals surface area contributed by atoms with E-state index in [4.69, 9.17) is 22.1 Å². The third-order valence-electron chi connectivity index (χ3n) is 2.90. The van der Waals surface area contributed by atoms with Crippen LogP contribution in [0.25, 0.3) is 11.0 Å². The Morgan fingerprint density at radius 1 is 1.40 bits per heavy atom. The van der Waals surface area contributed by atoms with Crippen molar-refractivity contribution >= 4 is 28.5 Å². The van der Waals surface area contributed by atoms with E-state index in [-0.39, 0.29) is 6.04 Å². The Labute approximate surface area is 123 Å². The van der Waals surface area contributed by atoms with E-state index in [1.165, 1.54) is 0 Å². The van der Waals surface area contributed by atoms with Gasteiger partial charge in [0.1, 0.15) is 17.3 Å². The van der Waals surface area contributed by atoms with Crippen LogP contribution in [-0.2, 0) is 11.3 Å². The highest BCUT2D eigenvalue weighted by molar-refractivity contribution is 6.31. The van der Waals surface area contributed by atoms with E-state index in [0.717, 1.165) is 16.9 Å². The minimum atomic E-state index is 0.236. The maximum Gasteiger partial charge on any atom is 0.154 e. The molecule has 0 bridgehead atoms. The minimum Gasteiger partial charge on any atom is -0.382 e. The summed E-state index contributed by atoms with van der Waals surface area (Å²) < 4.78 is 7.36. The van der Waals surface area contributed by atoms with Crippen LogP contribution in [0, 0.1) is 6.92 Å². The number of hydrogen-bond donors (Lipinski definition) is 2. The Morgan fingerprint density at radius 3 is 2.70 bits per heavy atom. The molecule has 0 atom stereocenters. The number of pyridine rings is 1. The Morgan fingerprint density at radius 2 is 2.10 bits per heavy atom. The number of nitrogens with two attached hydrogens (primary N) is 1. The van der Waals surface area contributed by atoms with Crippen molar-refractivity contribution in [2.75, 3.05) is 17.8 Å². The molecule has 3 N–H and O–H groups in total. The van der Waals surface area contributed by atoms with Crippen LogP contribution in [0.5, 0.6) is 0 Å². The van der Waals surface area contributed by atoms with Crippen LogP contribution in [0.1, 0.15) is 32.2 Å². The molecular weight excluding hydrogens is 278 g/mol. The highest BCUT2D eigenvalue weighted by Gasteiger charge is 2.18. The minimum absolute atomic E-state index is 0.236. The summed E-state index contributed by atoms with van der Waals surface area (Å²) in [5.41, 5.74) is 11.6. The van der Waals surface area contributed by atoms with E-state index in [1.54, 1.807) is 0 Å². The molecule has 0 saturated heterocycles.